The van der Waals surface area contributed by atoms with Crippen LogP contribution in [0.1, 0.15) is 0 Å². The van der Waals surface area contributed by atoms with E-state index in [1.807, 2.05) is 24.3 Å². The Morgan fingerprint density at radius 1 is 1.09 bits per heavy atom. The van der Waals surface area contributed by atoms with Crippen molar-refractivity contribution in [2.45, 2.75) is 0 Å². The zero-order valence-electron chi connectivity index (χ0n) is 12.3. The first-order valence-corrected chi connectivity index (χ1v) is 6.94. The van der Waals surface area contributed by atoms with Gasteiger partial charge in [-0.15, -0.1) is 10.2 Å². The number of aromatic nitrogens is 4. The number of hydrogen-bond donors (Lipinski definition) is 1. The molecule has 0 bridgehead atoms. The lowest BCUT2D eigenvalue weighted by molar-refractivity contribution is 0.417. The molecule has 7 nitrogen and oxygen atoms in total. The SMILES string of the molecule is COc1ccc(-c2nc3cc(-n4cnnc4)ccc3o2)cc1N. The molecule has 0 aliphatic heterocycles. The molecule has 0 saturated heterocycles. The van der Waals surface area contributed by atoms with Gasteiger partial charge in [0.2, 0.25) is 5.89 Å². The third kappa shape index (κ3) is 2.28. The number of rotatable bonds is 3. The minimum absolute atomic E-state index is 0.509. The van der Waals surface area contributed by atoms with E-state index >= 15 is 0 Å². The Balaban J connectivity index is 1.78. The van der Waals surface area contributed by atoms with Gasteiger partial charge in [0.15, 0.2) is 5.58 Å². The molecule has 0 fully saturated rings. The maximum Gasteiger partial charge on any atom is 0.227 e. The lowest BCUT2D eigenvalue weighted by Gasteiger charge is -2.04. The molecule has 0 atom stereocenters. The maximum atomic E-state index is 5.94. The van der Waals surface area contributed by atoms with Crippen LogP contribution in [-0.4, -0.2) is 26.9 Å². The molecule has 2 aromatic heterocycles. The van der Waals surface area contributed by atoms with Crippen LogP contribution in [0.4, 0.5) is 5.69 Å². The number of nitrogen functional groups attached to an aromatic ring is 1. The molecule has 4 rings (SSSR count). The van der Waals surface area contributed by atoms with Gasteiger partial charge in [0.1, 0.15) is 23.9 Å². The smallest absolute Gasteiger partial charge is 0.227 e. The Labute approximate surface area is 131 Å². The third-order valence-corrected chi connectivity index (χ3v) is 3.56. The maximum absolute atomic E-state index is 5.94. The minimum Gasteiger partial charge on any atom is -0.495 e. The van der Waals surface area contributed by atoms with Crippen LogP contribution in [0.3, 0.4) is 0 Å². The second kappa shape index (κ2) is 5.13. The standard InChI is InChI=1S/C16H13N5O2/c1-22-14-4-2-10(6-12(14)17)16-20-13-7-11(3-5-15(13)23-16)21-8-18-19-9-21/h2-9H,17H2,1H3. The van der Waals surface area contributed by atoms with Gasteiger partial charge >= 0.3 is 0 Å². The summed E-state index contributed by atoms with van der Waals surface area (Å²) in [4.78, 5) is 4.53. The van der Waals surface area contributed by atoms with Crippen molar-refractivity contribution >= 4 is 16.8 Å². The average molecular weight is 307 g/mol. The predicted octanol–water partition coefficient (Wildman–Crippen LogP) is 2.67. The first kappa shape index (κ1) is 13.3. The number of benzene rings is 2. The van der Waals surface area contributed by atoms with E-state index in [1.165, 1.54) is 0 Å². The van der Waals surface area contributed by atoms with Crippen molar-refractivity contribution in [2.24, 2.45) is 0 Å². The summed E-state index contributed by atoms with van der Waals surface area (Å²) in [5.74, 6) is 1.13. The summed E-state index contributed by atoms with van der Waals surface area (Å²) >= 11 is 0. The Bertz CT molecular complexity index is 975. The van der Waals surface area contributed by atoms with Gasteiger partial charge < -0.3 is 14.9 Å². The first-order chi connectivity index (χ1) is 11.2. The summed E-state index contributed by atoms with van der Waals surface area (Å²) in [6.45, 7) is 0. The van der Waals surface area contributed by atoms with Crippen LogP contribution < -0.4 is 10.5 Å². The molecule has 0 aliphatic rings. The van der Waals surface area contributed by atoms with Gasteiger partial charge in [0.25, 0.3) is 0 Å². The lowest BCUT2D eigenvalue weighted by Crippen LogP contribution is -1.92. The Hall–Kier alpha value is -3.35. The van der Waals surface area contributed by atoms with Gasteiger partial charge in [-0.3, -0.25) is 4.57 Å². The number of oxazole rings is 1. The van der Waals surface area contributed by atoms with Crippen molar-refractivity contribution in [3.8, 4) is 22.9 Å². The van der Waals surface area contributed by atoms with Crippen LogP contribution in [0.15, 0.2) is 53.5 Å². The van der Waals surface area contributed by atoms with E-state index in [1.54, 1.807) is 36.5 Å². The van der Waals surface area contributed by atoms with E-state index in [2.05, 4.69) is 15.2 Å². The van der Waals surface area contributed by atoms with Crippen molar-refractivity contribution in [3.05, 3.63) is 49.1 Å². The fraction of sp³-hybridized carbons (Fsp3) is 0.0625. The molecule has 23 heavy (non-hydrogen) atoms. The molecule has 114 valence electrons. The van der Waals surface area contributed by atoms with Crippen LogP contribution in [0.25, 0.3) is 28.2 Å². The Morgan fingerprint density at radius 2 is 1.91 bits per heavy atom. The summed E-state index contributed by atoms with van der Waals surface area (Å²) < 4.78 is 12.8. The molecule has 0 amide bonds. The second-order valence-electron chi connectivity index (χ2n) is 5.00. The number of ether oxygens (including phenoxy) is 1. The largest absolute Gasteiger partial charge is 0.495 e. The van der Waals surface area contributed by atoms with Crippen LogP contribution in [0.2, 0.25) is 0 Å². The van der Waals surface area contributed by atoms with Gasteiger partial charge in [0, 0.05) is 5.56 Å². The molecule has 2 aromatic carbocycles. The van der Waals surface area contributed by atoms with Gasteiger partial charge in [0.05, 0.1) is 18.5 Å². The van der Waals surface area contributed by atoms with E-state index in [0.717, 1.165) is 16.8 Å². The summed E-state index contributed by atoms with van der Waals surface area (Å²) in [6.07, 6.45) is 3.26. The molecular formula is C16H13N5O2. The molecule has 2 N–H and O–H groups in total. The average Bonchev–Trinajstić information content (AvgIpc) is 3.23. The summed E-state index contributed by atoms with van der Waals surface area (Å²) in [6, 6.07) is 11.1. The molecule has 4 aromatic rings. The number of anilines is 1. The fourth-order valence-electron chi connectivity index (χ4n) is 2.40. The fourth-order valence-corrected chi connectivity index (χ4v) is 2.40. The van der Waals surface area contributed by atoms with Crippen LogP contribution in [-0.2, 0) is 0 Å². The Morgan fingerprint density at radius 3 is 2.65 bits per heavy atom. The number of fused-ring (bicyclic) bond motifs is 1. The van der Waals surface area contributed by atoms with Gasteiger partial charge in [-0.05, 0) is 36.4 Å². The highest BCUT2D eigenvalue weighted by Gasteiger charge is 2.11. The first-order valence-electron chi connectivity index (χ1n) is 6.94. The number of nitrogens with zero attached hydrogens (tertiary/aromatic N) is 4. The van der Waals surface area contributed by atoms with Crippen LogP contribution in [0.5, 0.6) is 5.75 Å². The summed E-state index contributed by atoms with van der Waals surface area (Å²) in [5, 5.41) is 7.60. The molecule has 0 spiro atoms. The normalized spacial score (nSPS) is 11.0. The third-order valence-electron chi connectivity index (χ3n) is 3.56. The van der Waals surface area contributed by atoms with E-state index < -0.39 is 0 Å². The number of nitrogens with two attached hydrogens (primary N) is 1. The molecule has 7 heteroatoms. The zero-order valence-corrected chi connectivity index (χ0v) is 12.3. The van der Waals surface area contributed by atoms with Gasteiger partial charge in [-0.1, -0.05) is 0 Å². The minimum atomic E-state index is 0.509. The van der Waals surface area contributed by atoms with E-state index in [0.29, 0.717) is 22.9 Å². The molecule has 2 heterocycles. The number of methoxy groups -OCH3 is 1. The van der Waals surface area contributed by atoms with Crippen LogP contribution >= 0.6 is 0 Å². The van der Waals surface area contributed by atoms with E-state index in [9.17, 15) is 0 Å². The second-order valence-corrected chi connectivity index (χ2v) is 5.00. The van der Waals surface area contributed by atoms with Gasteiger partial charge in [-0.2, -0.15) is 0 Å². The monoisotopic (exact) mass is 307 g/mol. The van der Waals surface area contributed by atoms with Crippen molar-refractivity contribution in [3.63, 3.8) is 0 Å². The molecule has 0 unspecified atom stereocenters. The Kier molecular flexibility index (Phi) is 2.97. The van der Waals surface area contributed by atoms with Crippen molar-refractivity contribution in [2.75, 3.05) is 12.8 Å². The van der Waals surface area contributed by atoms with Crippen molar-refractivity contribution in [1.29, 1.82) is 0 Å². The zero-order chi connectivity index (χ0) is 15.8. The highest BCUT2D eigenvalue weighted by molar-refractivity contribution is 5.79. The summed E-state index contributed by atoms with van der Waals surface area (Å²) in [7, 11) is 1.58. The highest BCUT2D eigenvalue weighted by Crippen LogP contribution is 2.30. The molecule has 0 radical (unpaired) electrons. The van der Waals surface area contributed by atoms with E-state index in [4.69, 9.17) is 14.9 Å². The van der Waals surface area contributed by atoms with E-state index in [-0.39, 0.29) is 0 Å². The summed E-state index contributed by atoms with van der Waals surface area (Å²) in [5.41, 5.74) is 9.64. The van der Waals surface area contributed by atoms with Crippen molar-refractivity contribution < 1.29 is 9.15 Å². The van der Waals surface area contributed by atoms with Crippen molar-refractivity contribution in [1.82, 2.24) is 19.7 Å². The lowest BCUT2D eigenvalue weighted by atomic mass is 10.2. The van der Waals surface area contributed by atoms with Gasteiger partial charge in [-0.25, -0.2) is 4.98 Å². The molecule has 0 aliphatic carbocycles. The molecule has 0 saturated carbocycles. The van der Waals surface area contributed by atoms with Crippen LogP contribution in [0, 0.1) is 0 Å². The highest BCUT2D eigenvalue weighted by atomic mass is 16.5. The predicted molar refractivity (Wildman–Crippen MR) is 85.3 cm³/mol. The number of hydrogen-bond acceptors (Lipinski definition) is 6. The topological polar surface area (TPSA) is 92.0 Å². The molecular weight excluding hydrogens is 294 g/mol. The quantitative estimate of drug-likeness (QED) is 0.585.